The Morgan fingerprint density at radius 3 is 2.50 bits per heavy atom. The Balaban J connectivity index is 1.56. The number of nitrogens with one attached hydrogen (secondary N) is 1. The van der Waals surface area contributed by atoms with Crippen LogP contribution in [-0.2, 0) is 23.1 Å². The first kappa shape index (κ1) is 22.5. The lowest BCUT2D eigenvalue weighted by Gasteiger charge is -2.22. The fraction of sp³-hybridized carbons (Fsp3) is 0.208. The zero-order valence-corrected chi connectivity index (χ0v) is 19.8. The number of nitrogens with zero attached hydrogens (tertiary/aromatic N) is 1. The van der Waals surface area contributed by atoms with Crippen LogP contribution in [0.2, 0.25) is 5.02 Å². The summed E-state index contributed by atoms with van der Waals surface area (Å²) in [5, 5.41) is 1.04. The molecule has 0 atom stereocenters. The smallest absolute Gasteiger partial charge is 0.252 e. The second-order valence-corrected chi connectivity index (χ2v) is 10.3. The summed E-state index contributed by atoms with van der Waals surface area (Å²) in [6, 6.07) is 13.1. The van der Waals surface area contributed by atoms with Gasteiger partial charge in [-0.1, -0.05) is 17.7 Å². The van der Waals surface area contributed by atoms with Crippen molar-refractivity contribution in [3.05, 3.63) is 87.1 Å². The summed E-state index contributed by atoms with van der Waals surface area (Å²) in [6.07, 6.45) is 1.47. The monoisotopic (exact) mass is 500 g/mol. The van der Waals surface area contributed by atoms with E-state index >= 15 is 0 Å². The van der Waals surface area contributed by atoms with E-state index in [-0.39, 0.29) is 23.5 Å². The molecule has 5 rings (SSSR count). The van der Waals surface area contributed by atoms with Gasteiger partial charge in [0.25, 0.3) is 5.56 Å². The van der Waals surface area contributed by atoms with Gasteiger partial charge in [-0.25, -0.2) is 8.42 Å². The normalized spacial score (nSPS) is 13.5. The van der Waals surface area contributed by atoms with Gasteiger partial charge in [0.05, 0.1) is 23.2 Å². The maximum Gasteiger partial charge on any atom is 0.252 e. The Kier molecular flexibility index (Phi) is 5.85. The molecule has 34 heavy (non-hydrogen) atoms. The predicted molar refractivity (Wildman–Crippen MR) is 127 cm³/mol. The summed E-state index contributed by atoms with van der Waals surface area (Å²) in [5.41, 5.74) is 1.21. The summed E-state index contributed by atoms with van der Waals surface area (Å²) < 4.78 is 44.9. The number of aromatic amines is 1. The Bertz CT molecular complexity index is 1530. The Labute approximate surface area is 200 Å². The summed E-state index contributed by atoms with van der Waals surface area (Å²) in [7, 11) is -4.01. The van der Waals surface area contributed by atoms with Crippen molar-refractivity contribution in [1.29, 1.82) is 0 Å². The number of hydrogen-bond donors (Lipinski definition) is 1. The van der Waals surface area contributed by atoms with Crippen molar-refractivity contribution in [3.63, 3.8) is 0 Å². The SMILES string of the molecule is Cc1ccc(S(=O)(=O)N(Cc2ccco2)Cc2cc3cc4c(cc3[nH]c2=O)OCCO4)cc1Cl. The van der Waals surface area contributed by atoms with Gasteiger partial charge in [-0.05, 0) is 48.9 Å². The second kappa shape index (κ2) is 8.83. The largest absolute Gasteiger partial charge is 0.486 e. The van der Waals surface area contributed by atoms with Crippen LogP contribution in [0.25, 0.3) is 10.9 Å². The molecule has 0 saturated carbocycles. The first-order chi connectivity index (χ1) is 16.3. The molecule has 10 heteroatoms. The molecule has 2 aromatic carbocycles. The fourth-order valence-electron chi connectivity index (χ4n) is 3.78. The number of halogens is 1. The van der Waals surface area contributed by atoms with Gasteiger partial charge < -0.3 is 18.9 Å². The minimum Gasteiger partial charge on any atom is -0.486 e. The molecule has 8 nitrogen and oxygen atoms in total. The third-order valence-electron chi connectivity index (χ3n) is 5.62. The molecule has 3 heterocycles. The number of aromatic nitrogens is 1. The van der Waals surface area contributed by atoms with Gasteiger partial charge in [-0.15, -0.1) is 0 Å². The number of benzene rings is 2. The first-order valence-electron chi connectivity index (χ1n) is 10.6. The van der Waals surface area contributed by atoms with Gasteiger partial charge in [0.15, 0.2) is 11.5 Å². The van der Waals surface area contributed by atoms with Crippen LogP contribution in [0.15, 0.2) is 68.9 Å². The Hall–Kier alpha value is -3.27. The maximum absolute atomic E-state index is 13.6. The quantitative estimate of drug-likeness (QED) is 0.425. The number of aryl methyl sites for hydroxylation is 1. The van der Waals surface area contributed by atoms with E-state index in [0.717, 1.165) is 5.56 Å². The van der Waals surface area contributed by atoms with E-state index in [1.807, 2.05) is 0 Å². The lowest BCUT2D eigenvalue weighted by molar-refractivity contribution is 0.172. The summed E-state index contributed by atoms with van der Waals surface area (Å²) >= 11 is 6.20. The van der Waals surface area contributed by atoms with E-state index in [0.29, 0.717) is 46.4 Å². The highest BCUT2D eigenvalue weighted by atomic mass is 35.5. The maximum atomic E-state index is 13.6. The van der Waals surface area contributed by atoms with Gasteiger partial charge in [0, 0.05) is 28.6 Å². The molecule has 4 aromatic rings. The molecule has 1 aliphatic rings. The highest BCUT2D eigenvalue weighted by Gasteiger charge is 2.27. The molecule has 0 amide bonds. The predicted octanol–water partition coefficient (Wildman–Crippen LogP) is 4.25. The van der Waals surface area contributed by atoms with Crippen molar-refractivity contribution in [3.8, 4) is 11.5 Å². The van der Waals surface area contributed by atoms with Gasteiger partial charge in [-0.2, -0.15) is 4.31 Å². The lowest BCUT2D eigenvalue weighted by Crippen LogP contribution is -2.32. The van der Waals surface area contributed by atoms with Crippen LogP contribution < -0.4 is 15.0 Å². The molecule has 1 aliphatic heterocycles. The van der Waals surface area contributed by atoms with Crippen LogP contribution >= 0.6 is 11.6 Å². The van der Waals surface area contributed by atoms with E-state index < -0.39 is 15.6 Å². The van der Waals surface area contributed by atoms with Gasteiger partial charge in [-0.3, -0.25) is 4.79 Å². The first-order valence-corrected chi connectivity index (χ1v) is 12.4. The van der Waals surface area contributed by atoms with Crippen LogP contribution in [0.5, 0.6) is 11.5 Å². The number of sulfonamides is 1. The van der Waals surface area contributed by atoms with E-state index in [9.17, 15) is 13.2 Å². The molecule has 1 N–H and O–H groups in total. The van der Waals surface area contributed by atoms with Crippen molar-refractivity contribution in [2.24, 2.45) is 0 Å². The minimum atomic E-state index is -4.01. The van der Waals surface area contributed by atoms with Gasteiger partial charge in [0.1, 0.15) is 19.0 Å². The molecule has 2 aromatic heterocycles. The number of ether oxygens (including phenoxy) is 2. The molecule has 0 spiro atoms. The third kappa shape index (κ3) is 4.29. The van der Waals surface area contributed by atoms with Crippen molar-refractivity contribution in [1.82, 2.24) is 9.29 Å². The average Bonchev–Trinajstić information content (AvgIpc) is 3.33. The zero-order valence-electron chi connectivity index (χ0n) is 18.2. The van der Waals surface area contributed by atoms with Crippen molar-refractivity contribution in [2.75, 3.05) is 13.2 Å². The number of hydrogen-bond acceptors (Lipinski definition) is 6. The van der Waals surface area contributed by atoms with Crippen molar-refractivity contribution in [2.45, 2.75) is 24.9 Å². The molecule has 0 fully saturated rings. The Morgan fingerprint density at radius 1 is 1.03 bits per heavy atom. The van der Waals surface area contributed by atoms with E-state index in [4.69, 9.17) is 25.5 Å². The lowest BCUT2D eigenvalue weighted by atomic mass is 10.1. The number of rotatable bonds is 6. The number of fused-ring (bicyclic) bond motifs is 2. The number of furan rings is 1. The molecule has 0 unspecified atom stereocenters. The third-order valence-corrected chi connectivity index (χ3v) is 7.82. The molecule has 0 aliphatic carbocycles. The van der Waals surface area contributed by atoms with E-state index in [1.54, 1.807) is 43.3 Å². The molecule has 0 saturated heterocycles. The highest BCUT2D eigenvalue weighted by molar-refractivity contribution is 7.89. The van der Waals surface area contributed by atoms with Gasteiger partial charge >= 0.3 is 0 Å². The highest BCUT2D eigenvalue weighted by Crippen LogP contribution is 2.34. The molecular formula is C24H21ClN2O6S. The number of pyridine rings is 1. The molecule has 0 bridgehead atoms. The topological polar surface area (TPSA) is 102 Å². The zero-order chi connectivity index (χ0) is 23.9. The van der Waals surface area contributed by atoms with E-state index in [2.05, 4.69) is 4.98 Å². The Morgan fingerprint density at radius 2 is 1.79 bits per heavy atom. The molecule has 176 valence electrons. The van der Waals surface area contributed by atoms with E-state index in [1.165, 1.54) is 22.7 Å². The molecule has 0 radical (unpaired) electrons. The van der Waals surface area contributed by atoms with Crippen molar-refractivity contribution >= 4 is 32.5 Å². The number of H-pyrrole nitrogens is 1. The standard InChI is InChI=1S/C24H21ClN2O6S/c1-15-4-5-19(11-20(15)25)34(29,30)27(14-18-3-2-6-31-18)13-17-9-16-10-22-23(33-8-7-32-22)12-21(16)26-24(17)28/h2-6,9-12H,7-8,13-14H2,1H3,(H,26,28). The average molecular weight is 501 g/mol. The van der Waals surface area contributed by atoms with Crippen LogP contribution in [0.3, 0.4) is 0 Å². The minimum absolute atomic E-state index is 0.0338. The van der Waals surface area contributed by atoms with Crippen LogP contribution in [0.1, 0.15) is 16.9 Å². The second-order valence-electron chi connectivity index (χ2n) is 7.97. The van der Waals surface area contributed by atoms with Gasteiger partial charge in [0.2, 0.25) is 10.0 Å². The molecular weight excluding hydrogens is 480 g/mol. The van der Waals surface area contributed by atoms with Crippen LogP contribution in [-0.4, -0.2) is 30.9 Å². The summed E-state index contributed by atoms with van der Waals surface area (Å²) in [5.74, 6) is 1.57. The van der Waals surface area contributed by atoms with Crippen LogP contribution in [0.4, 0.5) is 0 Å². The van der Waals surface area contributed by atoms with Crippen molar-refractivity contribution < 1.29 is 22.3 Å². The van der Waals surface area contributed by atoms with Crippen LogP contribution in [0, 0.1) is 6.92 Å². The summed E-state index contributed by atoms with van der Waals surface area (Å²) in [4.78, 5) is 15.8. The fourth-order valence-corrected chi connectivity index (χ4v) is 5.44. The summed E-state index contributed by atoms with van der Waals surface area (Å²) in [6.45, 7) is 2.43.